The fourth-order valence-corrected chi connectivity index (χ4v) is 3.73. The Labute approximate surface area is 131 Å². The molecular weight excluding hydrogens is 340 g/mol. The van der Waals surface area contributed by atoms with E-state index in [4.69, 9.17) is 23.2 Å². The van der Waals surface area contributed by atoms with Crippen molar-refractivity contribution in [3.63, 3.8) is 0 Å². The van der Waals surface area contributed by atoms with Crippen LogP contribution < -0.4 is 4.72 Å². The van der Waals surface area contributed by atoms with E-state index in [0.29, 0.717) is 0 Å². The molecule has 0 aliphatic rings. The first kappa shape index (κ1) is 15.9. The Balaban J connectivity index is 2.51. The Morgan fingerprint density at radius 1 is 1.14 bits per heavy atom. The molecule has 112 valence electrons. The van der Waals surface area contributed by atoms with Crippen LogP contribution in [0.15, 0.2) is 23.4 Å². The Hall–Kier alpha value is -1.44. The fourth-order valence-electron chi connectivity index (χ4n) is 1.92. The van der Waals surface area contributed by atoms with Crippen LogP contribution in [0, 0.1) is 19.7 Å². The normalized spacial score (nSPS) is 11.5. The summed E-state index contributed by atoms with van der Waals surface area (Å²) in [6.45, 7) is 3.00. The minimum Gasteiger partial charge on any atom is -0.262 e. The van der Waals surface area contributed by atoms with Gasteiger partial charge >= 0.3 is 0 Å². The van der Waals surface area contributed by atoms with E-state index in [1.54, 1.807) is 0 Å². The molecule has 2 aromatic rings. The van der Waals surface area contributed by atoms with Crippen LogP contribution in [-0.4, -0.2) is 18.4 Å². The van der Waals surface area contributed by atoms with E-state index < -0.39 is 15.8 Å². The molecule has 0 bridgehead atoms. The van der Waals surface area contributed by atoms with Crippen LogP contribution in [0.5, 0.6) is 0 Å². The van der Waals surface area contributed by atoms with Crippen molar-refractivity contribution in [3.05, 3.63) is 45.6 Å². The number of rotatable bonds is 3. The number of nitrogens with one attached hydrogen (secondary N) is 1. The Morgan fingerprint density at radius 3 is 2.29 bits per heavy atom. The molecule has 1 heterocycles. The quantitative estimate of drug-likeness (QED) is 0.862. The lowest BCUT2D eigenvalue weighted by Crippen LogP contribution is -2.17. The molecule has 0 aliphatic heterocycles. The van der Waals surface area contributed by atoms with Crippen molar-refractivity contribution < 1.29 is 12.8 Å². The second kappa shape index (κ2) is 5.75. The summed E-state index contributed by atoms with van der Waals surface area (Å²) in [7, 11) is -3.98. The minimum atomic E-state index is -3.98. The van der Waals surface area contributed by atoms with E-state index in [0.717, 1.165) is 18.5 Å². The summed E-state index contributed by atoms with van der Waals surface area (Å²) >= 11 is 11.6. The zero-order chi connectivity index (χ0) is 15.8. The van der Waals surface area contributed by atoms with Gasteiger partial charge in [0.25, 0.3) is 10.0 Å². The Kier molecular flexibility index (Phi) is 4.36. The fraction of sp³-hybridized carbons (Fsp3) is 0.167. The Morgan fingerprint density at radius 2 is 1.71 bits per heavy atom. The van der Waals surface area contributed by atoms with Crippen molar-refractivity contribution >= 4 is 39.0 Å². The van der Waals surface area contributed by atoms with Gasteiger partial charge in [0, 0.05) is 0 Å². The largest absolute Gasteiger partial charge is 0.263 e. The molecule has 1 aromatic carbocycles. The SMILES string of the molecule is Cc1cc(F)cc(C)c1S(=O)(=O)Nc1ncnc(Cl)c1Cl. The van der Waals surface area contributed by atoms with Gasteiger partial charge in [0.2, 0.25) is 0 Å². The summed E-state index contributed by atoms with van der Waals surface area (Å²) in [6.07, 6.45) is 1.08. The average molecular weight is 350 g/mol. The summed E-state index contributed by atoms with van der Waals surface area (Å²) in [5.41, 5.74) is 0.549. The molecule has 0 aliphatic carbocycles. The number of sulfonamides is 1. The van der Waals surface area contributed by atoms with Gasteiger partial charge in [-0.15, -0.1) is 0 Å². The third-order valence-electron chi connectivity index (χ3n) is 2.67. The molecule has 1 N–H and O–H groups in total. The highest BCUT2D eigenvalue weighted by molar-refractivity contribution is 7.92. The number of aromatic nitrogens is 2. The lowest BCUT2D eigenvalue weighted by molar-refractivity contribution is 0.597. The molecule has 0 radical (unpaired) electrons. The highest BCUT2D eigenvalue weighted by Crippen LogP contribution is 2.29. The van der Waals surface area contributed by atoms with Gasteiger partial charge in [-0.3, -0.25) is 4.72 Å². The lowest BCUT2D eigenvalue weighted by atomic mass is 10.1. The molecule has 0 fully saturated rings. The Bertz CT molecular complexity index is 789. The third kappa shape index (κ3) is 3.25. The third-order valence-corrected chi connectivity index (χ3v) is 5.06. The van der Waals surface area contributed by atoms with Crippen molar-refractivity contribution in [1.29, 1.82) is 0 Å². The number of aryl methyl sites for hydroxylation is 2. The zero-order valence-corrected chi connectivity index (χ0v) is 13.3. The van der Waals surface area contributed by atoms with E-state index in [-0.39, 0.29) is 32.0 Å². The maximum Gasteiger partial charge on any atom is 0.263 e. The molecule has 2 rings (SSSR count). The molecule has 9 heteroatoms. The lowest BCUT2D eigenvalue weighted by Gasteiger charge is -2.13. The van der Waals surface area contributed by atoms with Crippen molar-refractivity contribution in [2.75, 3.05) is 4.72 Å². The van der Waals surface area contributed by atoms with Gasteiger partial charge in [0.1, 0.15) is 17.2 Å². The number of nitrogens with zero attached hydrogens (tertiary/aromatic N) is 2. The van der Waals surface area contributed by atoms with Gasteiger partial charge in [0.15, 0.2) is 11.0 Å². The zero-order valence-electron chi connectivity index (χ0n) is 11.0. The number of benzene rings is 1. The maximum absolute atomic E-state index is 13.3. The molecular formula is C12H10Cl2FN3O2S. The summed E-state index contributed by atoms with van der Waals surface area (Å²) in [4.78, 5) is 7.33. The molecule has 21 heavy (non-hydrogen) atoms. The first-order valence-electron chi connectivity index (χ1n) is 5.68. The first-order chi connectivity index (χ1) is 9.72. The topological polar surface area (TPSA) is 72.0 Å². The highest BCUT2D eigenvalue weighted by atomic mass is 35.5. The van der Waals surface area contributed by atoms with Crippen LogP contribution in [0.25, 0.3) is 0 Å². The molecule has 0 saturated carbocycles. The molecule has 5 nitrogen and oxygen atoms in total. The van der Waals surface area contributed by atoms with Gasteiger partial charge in [-0.05, 0) is 37.1 Å². The summed E-state index contributed by atoms with van der Waals surface area (Å²) in [6, 6.07) is 2.27. The van der Waals surface area contributed by atoms with Crippen molar-refractivity contribution in [1.82, 2.24) is 9.97 Å². The van der Waals surface area contributed by atoms with Gasteiger partial charge in [-0.25, -0.2) is 22.8 Å². The van der Waals surface area contributed by atoms with Crippen molar-refractivity contribution in [2.45, 2.75) is 18.7 Å². The molecule has 0 atom stereocenters. The van der Waals surface area contributed by atoms with Crippen LogP contribution in [0.2, 0.25) is 10.2 Å². The van der Waals surface area contributed by atoms with Crippen LogP contribution in [-0.2, 0) is 10.0 Å². The second-order valence-corrected chi connectivity index (χ2v) is 6.66. The molecule has 1 aromatic heterocycles. The average Bonchev–Trinajstić information content (AvgIpc) is 2.33. The molecule has 0 spiro atoms. The summed E-state index contributed by atoms with van der Waals surface area (Å²) in [5.74, 6) is -0.646. The predicted octanol–water partition coefficient (Wildman–Crippen LogP) is 3.34. The van der Waals surface area contributed by atoms with Crippen molar-refractivity contribution in [3.8, 4) is 0 Å². The van der Waals surface area contributed by atoms with E-state index in [1.165, 1.54) is 13.8 Å². The summed E-state index contributed by atoms with van der Waals surface area (Å²) < 4.78 is 40.3. The van der Waals surface area contributed by atoms with Gasteiger partial charge in [-0.2, -0.15) is 0 Å². The summed E-state index contributed by atoms with van der Waals surface area (Å²) in [5, 5.41) is -0.183. The molecule has 0 unspecified atom stereocenters. The van der Waals surface area contributed by atoms with E-state index in [1.807, 2.05) is 0 Å². The number of hydrogen-bond donors (Lipinski definition) is 1. The first-order valence-corrected chi connectivity index (χ1v) is 7.92. The van der Waals surface area contributed by atoms with Gasteiger partial charge in [0.05, 0.1) is 4.90 Å². The van der Waals surface area contributed by atoms with Crippen LogP contribution in [0.3, 0.4) is 0 Å². The van der Waals surface area contributed by atoms with E-state index in [2.05, 4.69) is 14.7 Å². The highest BCUT2D eigenvalue weighted by Gasteiger charge is 2.22. The standard InChI is InChI=1S/C12H10Cl2FN3O2S/c1-6-3-8(15)4-7(2)10(6)21(19,20)18-12-9(13)11(14)16-5-17-12/h3-5H,1-2H3,(H,16,17,18). The minimum absolute atomic E-state index is 0.0327. The number of anilines is 1. The van der Waals surface area contributed by atoms with Gasteiger partial charge in [-0.1, -0.05) is 23.2 Å². The number of halogens is 3. The van der Waals surface area contributed by atoms with Crippen molar-refractivity contribution in [2.24, 2.45) is 0 Å². The maximum atomic E-state index is 13.3. The second-order valence-electron chi connectivity index (χ2n) is 4.30. The monoisotopic (exact) mass is 349 g/mol. The smallest absolute Gasteiger partial charge is 0.262 e. The van der Waals surface area contributed by atoms with Crippen LogP contribution in [0.1, 0.15) is 11.1 Å². The molecule has 0 amide bonds. The predicted molar refractivity (Wildman–Crippen MR) is 78.7 cm³/mol. The van der Waals surface area contributed by atoms with Crippen LogP contribution in [0.4, 0.5) is 10.2 Å². The number of hydrogen-bond acceptors (Lipinski definition) is 4. The van der Waals surface area contributed by atoms with Gasteiger partial charge < -0.3 is 0 Å². The van der Waals surface area contributed by atoms with E-state index >= 15 is 0 Å². The van der Waals surface area contributed by atoms with Crippen LogP contribution >= 0.6 is 23.2 Å². The molecule has 0 saturated heterocycles. The van der Waals surface area contributed by atoms with E-state index in [9.17, 15) is 12.8 Å².